The highest BCUT2D eigenvalue weighted by Gasteiger charge is 2.11. The predicted molar refractivity (Wildman–Crippen MR) is 134 cm³/mol. The second kappa shape index (κ2) is 10.2. The van der Waals surface area contributed by atoms with Crippen molar-refractivity contribution in [2.75, 3.05) is 11.9 Å². The molecule has 0 aliphatic heterocycles. The molecule has 4 rings (SSSR count). The molecule has 0 aliphatic carbocycles. The molecule has 0 spiro atoms. The number of hydrogen-bond donors (Lipinski definition) is 1. The number of benzene rings is 3. The van der Waals surface area contributed by atoms with E-state index >= 15 is 0 Å². The molecule has 4 aromatic rings. The van der Waals surface area contributed by atoms with Crippen LogP contribution in [0.15, 0.2) is 78.2 Å². The fourth-order valence-corrected chi connectivity index (χ4v) is 4.37. The summed E-state index contributed by atoms with van der Waals surface area (Å²) in [5.74, 6) is -0.114. The van der Waals surface area contributed by atoms with Gasteiger partial charge >= 0.3 is 0 Å². The SMILES string of the molecule is CN(Cc1ccc(C(=O)NCc2cccc(Cl)c2)cc1)c1nc(-c2ccc(Cl)cc2)cs1. The molecular formula is C25H21Cl2N3OS. The van der Waals surface area contributed by atoms with E-state index in [1.807, 2.05) is 85.2 Å². The lowest BCUT2D eigenvalue weighted by atomic mass is 10.1. The molecule has 0 bridgehead atoms. The zero-order valence-corrected chi connectivity index (χ0v) is 19.7. The Kier molecular flexibility index (Phi) is 7.10. The van der Waals surface area contributed by atoms with Crippen molar-refractivity contribution in [1.29, 1.82) is 0 Å². The van der Waals surface area contributed by atoms with Crippen LogP contribution < -0.4 is 10.2 Å². The van der Waals surface area contributed by atoms with Gasteiger partial charge in [-0.15, -0.1) is 11.3 Å². The number of halogens is 2. The van der Waals surface area contributed by atoms with Crippen LogP contribution in [0.2, 0.25) is 10.0 Å². The highest BCUT2D eigenvalue weighted by molar-refractivity contribution is 7.14. The van der Waals surface area contributed by atoms with Gasteiger partial charge < -0.3 is 10.2 Å². The van der Waals surface area contributed by atoms with Gasteiger partial charge in [0.2, 0.25) is 0 Å². The van der Waals surface area contributed by atoms with E-state index in [1.165, 1.54) is 0 Å². The summed E-state index contributed by atoms with van der Waals surface area (Å²) in [6.07, 6.45) is 0. The first-order chi connectivity index (χ1) is 15.5. The summed E-state index contributed by atoms with van der Waals surface area (Å²) in [5, 5.41) is 7.27. The molecule has 0 atom stereocenters. The average Bonchev–Trinajstić information content (AvgIpc) is 3.29. The molecule has 0 unspecified atom stereocenters. The Morgan fingerprint density at radius 3 is 2.44 bits per heavy atom. The molecule has 0 fully saturated rings. The number of carbonyl (C=O) groups excluding carboxylic acids is 1. The molecule has 1 N–H and O–H groups in total. The highest BCUT2D eigenvalue weighted by atomic mass is 35.5. The standard InChI is InChI=1S/C25H21Cl2N3OS/c1-30(25-29-23(16-32-25)19-9-11-21(26)12-10-19)15-17-5-7-20(8-6-17)24(31)28-14-18-3-2-4-22(27)13-18/h2-13,16H,14-15H2,1H3,(H,28,31). The molecule has 1 heterocycles. The van der Waals surface area contributed by atoms with Crippen LogP contribution in [0.1, 0.15) is 21.5 Å². The number of aromatic nitrogens is 1. The first-order valence-corrected chi connectivity index (χ1v) is 11.7. The number of rotatable bonds is 7. The highest BCUT2D eigenvalue weighted by Crippen LogP contribution is 2.28. The van der Waals surface area contributed by atoms with E-state index in [0.29, 0.717) is 28.7 Å². The second-order valence-corrected chi connectivity index (χ2v) is 9.10. The minimum absolute atomic E-state index is 0.114. The smallest absolute Gasteiger partial charge is 0.251 e. The number of nitrogens with zero attached hydrogens (tertiary/aromatic N) is 2. The normalized spacial score (nSPS) is 10.7. The third kappa shape index (κ3) is 5.68. The first-order valence-electron chi connectivity index (χ1n) is 10.0. The van der Waals surface area contributed by atoms with Crippen LogP contribution >= 0.6 is 34.5 Å². The Morgan fingerprint density at radius 1 is 0.969 bits per heavy atom. The van der Waals surface area contributed by atoms with E-state index in [0.717, 1.165) is 27.5 Å². The van der Waals surface area contributed by atoms with E-state index < -0.39 is 0 Å². The number of carbonyl (C=O) groups is 1. The van der Waals surface area contributed by atoms with Crippen LogP contribution in [0.3, 0.4) is 0 Å². The van der Waals surface area contributed by atoms with Gasteiger partial charge in [0, 0.05) is 46.7 Å². The number of hydrogen-bond acceptors (Lipinski definition) is 4. The molecule has 4 nitrogen and oxygen atoms in total. The summed E-state index contributed by atoms with van der Waals surface area (Å²) in [6, 6.07) is 22.8. The van der Waals surface area contributed by atoms with Crippen molar-refractivity contribution in [3.63, 3.8) is 0 Å². The Morgan fingerprint density at radius 2 is 1.72 bits per heavy atom. The van der Waals surface area contributed by atoms with E-state index in [-0.39, 0.29) is 5.91 Å². The quantitative estimate of drug-likeness (QED) is 0.320. The van der Waals surface area contributed by atoms with Crippen LogP contribution in [0, 0.1) is 0 Å². The van der Waals surface area contributed by atoms with Gasteiger partial charge in [0.25, 0.3) is 5.91 Å². The van der Waals surface area contributed by atoms with E-state index in [9.17, 15) is 4.79 Å². The third-order valence-corrected chi connectivity index (χ3v) is 6.38. The van der Waals surface area contributed by atoms with Gasteiger partial charge in [-0.05, 0) is 47.5 Å². The fraction of sp³-hybridized carbons (Fsp3) is 0.120. The van der Waals surface area contributed by atoms with Crippen LogP contribution in [0.5, 0.6) is 0 Å². The van der Waals surface area contributed by atoms with Crippen LogP contribution in [-0.4, -0.2) is 17.9 Å². The van der Waals surface area contributed by atoms with Gasteiger partial charge in [-0.25, -0.2) is 4.98 Å². The van der Waals surface area contributed by atoms with Crippen molar-refractivity contribution >= 4 is 45.6 Å². The van der Waals surface area contributed by atoms with Crippen molar-refractivity contribution in [3.8, 4) is 11.3 Å². The Balaban J connectivity index is 1.35. The van der Waals surface area contributed by atoms with E-state index in [2.05, 4.69) is 10.2 Å². The molecule has 7 heteroatoms. The van der Waals surface area contributed by atoms with Crippen molar-refractivity contribution in [3.05, 3.63) is 105 Å². The zero-order chi connectivity index (χ0) is 22.5. The summed E-state index contributed by atoms with van der Waals surface area (Å²) < 4.78 is 0. The number of amides is 1. The third-order valence-electron chi connectivity index (χ3n) is 4.94. The summed E-state index contributed by atoms with van der Waals surface area (Å²) in [6.45, 7) is 1.13. The minimum Gasteiger partial charge on any atom is -0.348 e. The lowest BCUT2D eigenvalue weighted by molar-refractivity contribution is 0.0951. The topological polar surface area (TPSA) is 45.2 Å². The van der Waals surface area contributed by atoms with Gasteiger partial charge in [0.15, 0.2) is 5.13 Å². The van der Waals surface area contributed by atoms with Crippen LogP contribution in [0.4, 0.5) is 5.13 Å². The number of thiazole rings is 1. The average molecular weight is 482 g/mol. The molecule has 0 saturated heterocycles. The van der Waals surface area contributed by atoms with Crippen molar-refractivity contribution in [2.24, 2.45) is 0 Å². The van der Waals surface area contributed by atoms with Crippen molar-refractivity contribution in [1.82, 2.24) is 10.3 Å². The maximum Gasteiger partial charge on any atom is 0.251 e. The zero-order valence-electron chi connectivity index (χ0n) is 17.4. The Labute approximate surface area is 201 Å². The van der Waals surface area contributed by atoms with Gasteiger partial charge in [-0.3, -0.25) is 4.79 Å². The summed E-state index contributed by atoms with van der Waals surface area (Å²) in [4.78, 5) is 19.3. The molecule has 1 amide bonds. The lowest BCUT2D eigenvalue weighted by Gasteiger charge is -2.16. The van der Waals surface area contributed by atoms with Crippen LogP contribution in [-0.2, 0) is 13.1 Å². The van der Waals surface area contributed by atoms with Crippen molar-refractivity contribution < 1.29 is 4.79 Å². The molecule has 0 aliphatic rings. The van der Waals surface area contributed by atoms with E-state index in [4.69, 9.17) is 28.2 Å². The van der Waals surface area contributed by atoms with E-state index in [1.54, 1.807) is 11.3 Å². The maximum atomic E-state index is 12.4. The molecule has 0 radical (unpaired) electrons. The second-order valence-electron chi connectivity index (χ2n) is 7.39. The fourth-order valence-electron chi connectivity index (χ4n) is 3.23. The summed E-state index contributed by atoms with van der Waals surface area (Å²) in [5.41, 5.74) is 4.66. The number of anilines is 1. The monoisotopic (exact) mass is 481 g/mol. The van der Waals surface area contributed by atoms with Crippen LogP contribution in [0.25, 0.3) is 11.3 Å². The summed E-state index contributed by atoms with van der Waals surface area (Å²) >= 11 is 13.6. The molecule has 162 valence electrons. The molecule has 0 saturated carbocycles. The molecular weight excluding hydrogens is 461 g/mol. The molecule has 1 aromatic heterocycles. The maximum absolute atomic E-state index is 12.4. The largest absolute Gasteiger partial charge is 0.348 e. The van der Waals surface area contributed by atoms with Gasteiger partial charge in [0.05, 0.1) is 5.69 Å². The Hall–Kier alpha value is -2.86. The number of nitrogens with one attached hydrogen (secondary N) is 1. The minimum atomic E-state index is -0.114. The first kappa shape index (κ1) is 22.3. The molecule has 32 heavy (non-hydrogen) atoms. The molecule has 3 aromatic carbocycles. The predicted octanol–water partition coefficient (Wildman–Crippen LogP) is 6.68. The Bertz CT molecular complexity index is 1210. The van der Waals surface area contributed by atoms with Gasteiger partial charge in [0.1, 0.15) is 0 Å². The van der Waals surface area contributed by atoms with Gasteiger partial charge in [-0.1, -0.05) is 59.6 Å². The lowest BCUT2D eigenvalue weighted by Crippen LogP contribution is -2.23. The summed E-state index contributed by atoms with van der Waals surface area (Å²) in [7, 11) is 2.01. The van der Waals surface area contributed by atoms with Crippen molar-refractivity contribution in [2.45, 2.75) is 13.1 Å². The van der Waals surface area contributed by atoms with Gasteiger partial charge in [-0.2, -0.15) is 0 Å².